The molecule has 3 rings (SSSR count). The van der Waals surface area contributed by atoms with E-state index in [2.05, 4.69) is 31.7 Å². The van der Waals surface area contributed by atoms with Gasteiger partial charge in [-0.05, 0) is 36.8 Å². The number of allylic oxidation sites excluding steroid dienone is 2. The highest BCUT2D eigenvalue weighted by atomic mass is 15.2. The molecule has 6 heteroatoms. The van der Waals surface area contributed by atoms with E-state index < -0.39 is 0 Å². The van der Waals surface area contributed by atoms with Crippen LogP contribution in [0.25, 0.3) is 5.57 Å². The predicted molar refractivity (Wildman–Crippen MR) is 97.0 cm³/mol. The molecule has 25 heavy (non-hydrogen) atoms. The average molecular weight is 330 g/mol. The zero-order valence-corrected chi connectivity index (χ0v) is 13.9. The fourth-order valence-corrected chi connectivity index (χ4v) is 2.43. The number of aromatic nitrogens is 2. The van der Waals surface area contributed by atoms with Crippen molar-refractivity contribution < 1.29 is 0 Å². The van der Waals surface area contributed by atoms with Crippen molar-refractivity contribution in [3.63, 3.8) is 0 Å². The zero-order valence-electron chi connectivity index (χ0n) is 13.9. The van der Waals surface area contributed by atoms with E-state index in [1.165, 1.54) is 0 Å². The molecule has 1 aliphatic rings. The molecule has 0 saturated carbocycles. The number of nitrogens with one attached hydrogen (secondary N) is 2. The molecule has 0 unspecified atom stereocenters. The minimum Gasteiger partial charge on any atom is -0.332 e. The molecule has 0 atom stereocenters. The van der Waals surface area contributed by atoms with Crippen LogP contribution in [0.3, 0.4) is 0 Å². The van der Waals surface area contributed by atoms with Gasteiger partial charge in [0, 0.05) is 37.3 Å². The van der Waals surface area contributed by atoms with Crippen LogP contribution in [0.4, 0.5) is 0 Å². The average Bonchev–Trinajstić information content (AvgIpc) is 2.66. The van der Waals surface area contributed by atoms with Crippen LogP contribution in [-0.2, 0) is 6.42 Å². The molecule has 2 aromatic heterocycles. The first-order valence-corrected chi connectivity index (χ1v) is 7.99. The van der Waals surface area contributed by atoms with Gasteiger partial charge in [-0.3, -0.25) is 15.0 Å². The summed E-state index contributed by atoms with van der Waals surface area (Å²) in [7, 11) is 0. The molecule has 0 fully saturated rings. The Bertz CT molecular complexity index is 860. The third-order valence-corrected chi connectivity index (χ3v) is 3.71. The zero-order chi connectivity index (χ0) is 17.5. The molecule has 1 aliphatic heterocycles. The standard InChI is InChI=1S/C19H18N6/c1-14-13-24-19(23-11-8-15-6-2-4-9-21-15)25-18(14)16(12-20)17-7-3-5-10-22-17/h2-7,9-10,13H,8,11H2,1H3,(H2,23,24,25)/b18-16+. The Kier molecular flexibility index (Phi) is 5.17. The highest BCUT2D eigenvalue weighted by molar-refractivity contribution is 5.90. The van der Waals surface area contributed by atoms with Crippen molar-refractivity contribution in [2.75, 3.05) is 6.54 Å². The van der Waals surface area contributed by atoms with Crippen molar-refractivity contribution in [2.45, 2.75) is 13.3 Å². The lowest BCUT2D eigenvalue weighted by Gasteiger charge is -2.21. The van der Waals surface area contributed by atoms with Gasteiger partial charge < -0.3 is 10.6 Å². The first kappa shape index (κ1) is 16.4. The lowest BCUT2D eigenvalue weighted by atomic mass is 10.1. The maximum absolute atomic E-state index is 9.58. The summed E-state index contributed by atoms with van der Waals surface area (Å²) in [5.41, 5.74) is 3.77. The molecular weight excluding hydrogens is 312 g/mol. The molecule has 3 heterocycles. The number of rotatable bonds is 4. The maximum Gasteiger partial charge on any atom is 0.199 e. The molecule has 0 radical (unpaired) electrons. The summed E-state index contributed by atoms with van der Waals surface area (Å²) in [4.78, 5) is 13.1. The molecule has 0 bridgehead atoms. The van der Waals surface area contributed by atoms with Crippen molar-refractivity contribution in [1.29, 1.82) is 5.26 Å². The van der Waals surface area contributed by atoms with Crippen LogP contribution in [0.2, 0.25) is 0 Å². The van der Waals surface area contributed by atoms with Crippen molar-refractivity contribution in [2.24, 2.45) is 4.99 Å². The molecule has 2 aromatic rings. The smallest absolute Gasteiger partial charge is 0.199 e. The minimum atomic E-state index is 0.494. The van der Waals surface area contributed by atoms with E-state index in [0.717, 1.165) is 23.4 Å². The molecular formula is C19H18N6. The summed E-state index contributed by atoms with van der Waals surface area (Å²) in [5.74, 6) is 0.611. The van der Waals surface area contributed by atoms with E-state index in [0.29, 0.717) is 23.8 Å². The van der Waals surface area contributed by atoms with Gasteiger partial charge in [-0.15, -0.1) is 0 Å². The number of hydrogen-bond acceptors (Lipinski definition) is 4. The van der Waals surface area contributed by atoms with Gasteiger partial charge >= 0.3 is 0 Å². The van der Waals surface area contributed by atoms with Crippen LogP contribution >= 0.6 is 0 Å². The Hall–Kier alpha value is -3.46. The number of nitriles is 1. The van der Waals surface area contributed by atoms with Crippen molar-refractivity contribution in [3.05, 3.63) is 77.6 Å². The summed E-state index contributed by atoms with van der Waals surface area (Å²) in [6, 6.07) is 13.6. The van der Waals surface area contributed by atoms with E-state index in [9.17, 15) is 5.26 Å². The lowest BCUT2D eigenvalue weighted by molar-refractivity contribution is 0.887. The predicted octanol–water partition coefficient (Wildman–Crippen LogP) is 2.41. The van der Waals surface area contributed by atoms with Crippen molar-refractivity contribution in [3.8, 4) is 6.07 Å². The number of guanidine groups is 1. The fraction of sp³-hybridized carbons (Fsp3) is 0.158. The molecule has 6 nitrogen and oxygen atoms in total. The number of pyridine rings is 2. The van der Waals surface area contributed by atoms with Crippen LogP contribution < -0.4 is 10.6 Å². The van der Waals surface area contributed by atoms with E-state index in [-0.39, 0.29) is 0 Å². The highest BCUT2D eigenvalue weighted by Crippen LogP contribution is 2.20. The molecule has 0 amide bonds. The SMILES string of the molecule is CC1=CNC(=NCCc2ccccn2)N/C1=C(\C#N)c1ccccn1. The number of nitrogens with zero attached hydrogens (tertiary/aromatic N) is 4. The topological polar surface area (TPSA) is 86.0 Å². The van der Waals surface area contributed by atoms with E-state index >= 15 is 0 Å². The van der Waals surface area contributed by atoms with Gasteiger partial charge in [0.1, 0.15) is 11.6 Å². The Morgan fingerprint density at radius 1 is 1.16 bits per heavy atom. The quantitative estimate of drug-likeness (QED) is 0.841. The summed E-state index contributed by atoms with van der Waals surface area (Å²) >= 11 is 0. The first-order chi connectivity index (χ1) is 12.3. The monoisotopic (exact) mass is 330 g/mol. The van der Waals surface area contributed by atoms with E-state index in [1.807, 2.05) is 49.5 Å². The molecule has 0 saturated heterocycles. The van der Waals surface area contributed by atoms with Crippen molar-refractivity contribution >= 4 is 11.5 Å². The second-order valence-electron chi connectivity index (χ2n) is 5.47. The molecule has 2 N–H and O–H groups in total. The molecule has 0 spiro atoms. The van der Waals surface area contributed by atoms with Gasteiger partial charge in [-0.1, -0.05) is 12.1 Å². The number of hydrogen-bond donors (Lipinski definition) is 2. The minimum absolute atomic E-state index is 0.494. The van der Waals surface area contributed by atoms with Gasteiger partial charge in [0.2, 0.25) is 0 Å². The van der Waals surface area contributed by atoms with Crippen LogP contribution in [0.1, 0.15) is 18.3 Å². The summed E-state index contributed by atoms with van der Waals surface area (Å²) in [6.45, 7) is 2.53. The maximum atomic E-state index is 9.58. The van der Waals surface area contributed by atoms with Gasteiger partial charge in [0.25, 0.3) is 0 Å². The second kappa shape index (κ2) is 7.88. The molecule has 124 valence electrons. The second-order valence-corrected chi connectivity index (χ2v) is 5.47. The van der Waals surface area contributed by atoms with Crippen LogP contribution in [0.5, 0.6) is 0 Å². The lowest BCUT2D eigenvalue weighted by Crippen LogP contribution is -2.39. The molecule has 0 aliphatic carbocycles. The Morgan fingerprint density at radius 2 is 1.96 bits per heavy atom. The van der Waals surface area contributed by atoms with Crippen LogP contribution in [0.15, 0.2) is 71.3 Å². The number of aliphatic imine (C=N–C) groups is 1. The van der Waals surface area contributed by atoms with Crippen molar-refractivity contribution in [1.82, 2.24) is 20.6 Å². The Balaban J connectivity index is 1.79. The highest BCUT2D eigenvalue weighted by Gasteiger charge is 2.17. The van der Waals surface area contributed by atoms with E-state index in [4.69, 9.17) is 0 Å². The fourth-order valence-electron chi connectivity index (χ4n) is 2.43. The van der Waals surface area contributed by atoms with Crippen LogP contribution in [0, 0.1) is 11.3 Å². The Morgan fingerprint density at radius 3 is 2.64 bits per heavy atom. The van der Waals surface area contributed by atoms with Crippen LogP contribution in [-0.4, -0.2) is 22.5 Å². The van der Waals surface area contributed by atoms with Gasteiger partial charge in [0.15, 0.2) is 5.96 Å². The first-order valence-electron chi connectivity index (χ1n) is 7.99. The Labute approximate surface area is 146 Å². The normalized spacial score (nSPS) is 17.1. The molecule has 0 aromatic carbocycles. The largest absolute Gasteiger partial charge is 0.332 e. The van der Waals surface area contributed by atoms with Gasteiger partial charge in [-0.2, -0.15) is 5.26 Å². The van der Waals surface area contributed by atoms with Gasteiger partial charge in [0.05, 0.1) is 11.4 Å². The third-order valence-electron chi connectivity index (χ3n) is 3.71. The van der Waals surface area contributed by atoms with Gasteiger partial charge in [-0.25, -0.2) is 0 Å². The summed E-state index contributed by atoms with van der Waals surface area (Å²) < 4.78 is 0. The summed E-state index contributed by atoms with van der Waals surface area (Å²) in [5, 5.41) is 15.9. The summed E-state index contributed by atoms with van der Waals surface area (Å²) in [6.07, 6.45) is 6.04. The van der Waals surface area contributed by atoms with E-state index in [1.54, 1.807) is 12.4 Å². The third kappa shape index (κ3) is 4.09.